The van der Waals surface area contributed by atoms with Crippen molar-refractivity contribution in [1.29, 1.82) is 0 Å². The van der Waals surface area contributed by atoms with Crippen LogP contribution in [-0.2, 0) is 0 Å². The summed E-state index contributed by atoms with van der Waals surface area (Å²) >= 11 is 0. The van der Waals surface area contributed by atoms with Gasteiger partial charge in [-0.3, -0.25) is 0 Å². The maximum atomic E-state index is 3.00. The molecule has 6 aliphatic carbocycles. The summed E-state index contributed by atoms with van der Waals surface area (Å²) in [5.74, 6) is 9.51. The highest BCUT2D eigenvalue weighted by Crippen LogP contribution is 2.71. The fourth-order valence-electron chi connectivity index (χ4n) is 14.1. The van der Waals surface area contributed by atoms with Crippen LogP contribution in [0.2, 0.25) is 24.2 Å². The van der Waals surface area contributed by atoms with E-state index in [1.165, 1.54) is 75.0 Å². The van der Waals surface area contributed by atoms with E-state index in [0.717, 1.165) is 70.3 Å². The van der Waals surface area contributed by atoms with Crippen LogP contribution in [0.4, 0.5) is 0 Å². The highest BCUT2D eigenvalue weighted by Gasteiger charge is 2.64. The predicted molar refractivity (Wildman–Crippen MR) is 202 cm³/mol. The number of rotatable bonds is 6. The molecule has 6 saturated carbocycles. The van der Waals surface area contributed by atoms with E-state index < -0.39 is 8.07 Å². The molecule has 10 atom stereocenters. The molecule has 0 nitrogen and oxygen atoms in total. The van der Waals surface area contributed by atoms with Crippen LogP contribution in [0.1, 0.15) is 100 Å². The van der Waals surface area contributed by atoms with Crippen molar-refractivity contribution in [3.8, 4) is 0 Å². The zero-order chi connectivity index (χ0) is 31.3. The molecule has 4 aromatic carbocycles. The van der Waals surface area contributed by atoms with Crippen LogP contribution in [0.5, 0.6) is 0 Å². The topological polar surface area (TPSA) is 0 Å². The molecule has 0 saturated heterocycles. The van der Waals surface area contributed by atoms with Crippen LogP contribution in [0.15, 0.2) is 84.9 Å². The maximum absolute atomic E-state index is 3.00. The third-order valence-electron chi connectivity index (χ3n) is 15.8. The number of fused-ring (bicyclic) bond motifs is 4. The minimum absolute atomic E-state index is 0.775. The summed E-state index contributed by atoms with van der Waals surface area (Å²) in [5.41, 5.74) is 5.52. The molecule has 6 aliphatic rings. The second-order valence-corrected chi connectivity index (χ2v) is 23.2. The first-order valence-electron chi connectivity index (χ1n) is 20.0. The van der Waals surface area contributed by atoms with Gasteiger partial charge in [0.1, 0.15) is 0 Å². The quantitative estimate of drug-likeness (QED) is 0.185. The third-order valence-corrected chi connectivity index (χ3v) is 20.9. The van der Waals surface area contributed by atoms with Gasteiger partial charge in [-0.2, -0.15) is 0 Å². The molecule has 0 N–H and O–H groups in total. The summed E-state index contributed by atoms with van der Waals surface area (Å²) < 4.78 is 0. The monoisotopic (exact) mass is 636 g/mol. The van der Waals surface area contributed by atoms with E-state index in [0.29, 0.717) is 0 Å². The average molecular weight is 637 g/mol. The summed E-state index contributed by atoms with van der Waals surface area (Å²) in [7, 11) is -1.59. The van der Waals surface area contributed by atoms with Crippen LogP contribution < -0.4 is 0 Å². The molecule has 0 aliphatic heterocycles. The Labute approximate surface area is 285 Å². The lowest BCUT2D eigenvalue weighted by Gasteiger charge is -2.50. The Morgan fingerprint density at radius 3 is 1.30 bits per heavy atom. The second kappa shape index (κ2) is 11.3. The Balaban J connectivity index is 1.02. The lowest BCUT2D eigenvalue weighted by atomic mass is 9.70. The Bertz CT molecular complexity index is 1640. The highest BCUT2D eigenvalue weighted by atomic mass is 28.3. The van der Waals surface area contributed by atoms with Crippen molar-refractivity contribution in [2.24, 2.45) is 47.3 Å². The largest absolute Gasteiger partial charge is 0.0689 e. The van der Waals surface area contributed by atoms with Crippen molar-refractivity contribution < 1.29 is 0 Å². The van der Waals surface area contributed by atoms with E-state index in [2.05, 4.69) is 98.0 Å². The molecule has 0 spiro atoms. The lowest BCUT2D eigenvalue weighted by Crippen LogP contribution is -2.48. The van der Waals surface area contributed by atoms with Gasteiger partial charge in [0.2, 0.25) is 0 Å². The van der Waals surface area contributed by atoms with Crippen molar-refractivity contribution in [1.82, 2.24) is 0 Å². The van der Waals surface area contributed by atoms with Crippen LogP contribution in [0.3, 0.4) is 0 Å². The van der Waals surface area contributed by atoms with Gasteiger partial charge in [-0.25, -0.2) is 0 Å². The molecular weight excluding hydrogens is 581 g/mol. The van der Waals surface area contributed by atoms with Crippen molar-refractivity contribution in [2.75, 3.05) is 0 Å². The van der Waals surface area contributed by atoms with Gasteiger partial charge in [0.15, 0.2) is 0 Å². The molecule has 4 aromatic rings. The van der Waals surface area contributed by atoms with Crippen molar-refractivity contribution in [3.05, 3.63) is 96.1 Å². The van der Waals surface area contributed by atoms with Gasteiger partial charge >= 0.3 is 0 Å². The highest BCUT2D eigenvalue weighted by molar-refractivity contribution is 6.80. The van der Waals surface area contributed by atoms with E-state index in [-0.39, 0.29) is 0 Å². The predicted octanol–water partition coefficient (Wildman–Crippen LogP) is 13.0. The summed E-state index contributed by atoms with van der Waals surface area (Å²) in [6.07, 6.45) is 18.1. The van der Waals surface area contributed by atoms with E-state index in [9.17, 15) is 0 Å². The summed E-state index contributed by atoms with van der Waals surface area (Å²) in [6.45, 7) is 6.00. The van der Waals surface area contributed by atoms with Crippen LogP contribution in [0.25, 0.3) is 21.5 Å². The molecule has 10 unspecified atom stereocenters. The maximum Gasteiger partial charge on any atom is 0.0547 e. The Morgan fingerprint density at radius 2 is 0.851 bits per heavy atom. The first-order valence-corrected chi connectivity index (χ1v) is 23.2. The number of benzene rings is 4. The van der Waals surface area contributed by atoms with Crippen LogP contribution >= 0.6 is 0 Å². The van der Waals surface area contributed by atoms with Gasteiger partial charge in [-0.15, -0.1) is 0 Å². The van der Waals surface area contributed by atoms with Crippen molar-refractivity contribution >= 4 is 29.6 Å². The molecule has 1 heteroatoms. The Morgan fingerprint density at radius 1 is 0.426 bits per heavy atom. The molecule has 47 heavy (non-hydrogen) atoms. The zero-order valence-corrected chi connectivity index (χ0v) is 30.0. The average Bonchev–Trinajstić information content (AvgIpc) is 4.05. The zero-order valence-electron chi connectivity index (χ0n) is 29.0. The standard InChI is InChI=1S/C46H56Si/c1-47(2,45-39-21-9-19-37(43(39)27-41(45)31-23-24-31)35-17-7-13-29-11-3-5-15-33(29)35)46-40-22-10-20-38(44(40)28-42(46)32-25-26-32)36-18-8-14-30-12-4-6-16-34(30)36/h3-8,11-18,31-32,37-46H,9-10,19-28H2,1-2H3. The molecule has 10 rings (SSSR count). The normalized spacial score (nSPS) is 37.2. The van der Waals surface area contributed by atoms with Gasteiger partial charge in [0, 0.05) is 0 Å². The third kappa shape index (κ3) is 4.79. The van der Waals surface area contributed by atoms with E-state index >= 15 is 0 Å². The van der Waals surface area contributed by atoms with Gasteiger partial charge in [0.05, 0.1) is 8.07 Å². The van der Waals surface area contributed by atoms with Gasteiger partial charge in [0.25, 0.3) is 0 Å². The second-order valence-electron chi connectivity index (χ2n) is 18.2. The van der Waals surface area contributed by atoms with E-state index in [1.54, 1.807) is 34.7 Å². The minimum atomic E-state index is -1.59. The van der Waals surface area contributed by atoms with Crippen molar-refractivity contribution in [2.45, 2.75) is 113 Å². The lowest BCUT2D eigenvalue weighted by molar-refractivity contribution is 0.227. The van der Waals surface area contributed by atoms with E-state index in [4.69, 9.17) is 0 Å². The van der Waals surface area contributed by atoms with Gasteiger partial charge < -0.3 is 0 Å². The Kier molecular flexibility index (Phi) is 7.12. The fourth-order valence-corrected chi connectivity index (χ4v) is 20.6. The number of hydrogen-bond acceptors (Lipinski definition) is 0. The molecule has 0 aromatic heterocycles. The summed E-state index contributed by atoms with van der Waals surface area (Å²) in [4.78, 5) is 0. The summed E-state index contributed by atoms with van der Waals surface area (Å²) in [6, 6.07) is 33.2. The fraction of sp³-hybridized carbons (Fsp3) is 0.565. The molecule has 0 amide bonds. The summed E-state index contributed by atoms with van der Waals surface area (Å²) in [5, 5.41) is 6.02. The van der Waals surface area contributed by atoms with Gasteiger partial charge in [-0.05, 0) is 154 Å². The minimum Gasteiger partial charge on any atom is -0.0689 e. The first kappa shape index (κ1) is 29.5. The van der Waals surface area contributed by atoms with Crippen LogP contribution in [-0.4, -0.2) is 8.07 Å². The molecule has 0 radical (unpaired) electrons. The smallest absolute Gasteiger partial charge is 0.0547 e. The van der Waals surface area contributed by atoms with Crippen LogP contribution in [0, 0.1) is 47.3 Å². The van der Waals surface area contributed by atoms with Gasteiger partial charge in [-0.1, -0.05) is 124 Å². The molecule has 0 bridgehead atoms. The number of hydrogen-bond donors (Lipinski definition) is 0. The first-order chi connectivity index (χ1) is 23.1. The molecule has 6 fully saturated rings. The van der Waals surface area contributed by atoms with E-state index in [1.807, 2.05) is 0 Å². The molecule has 0 heterocycles. The van der Waals surface area contributed by atoms with Crippen molar-refractivity contribution in [3.63, 3.8) is 0 Å². The SMILES string of the molecule is C[Si](C)(C1C(C2CC2)CC2C(c3cccc4ccccc34)CCCC21)C1C(C2CC2)CC2C(c3cccc4ccccc34)CCCC21. The molecule has 244 valence electrons. The Hall–Kier alpha value is -2.38. The molecular formula is C46H56Si.